The third kappa shape index (κ3) is 60.1. The summed E-state index contributed by atoms with van der Waals surface area (Å²) >= 11 is 0. The van der Waals surface area contributed by atoms with E-state index in [1.807, 2.05) is 0 Å². The minimum atomic E-state index is -0.779. The fourth-order valence-corrected chi connectivity index (χ4v) is 9.41. The summed E-state index contributed by atoms with van der Waals surface area (Å²) in [4.78, 5) is 38.2. The Labute approximate surface area is 454 Å². The molecule has 0 saturated heterocycles. The van der Waals surface area contributed by atoms with Crippen LogP contribution >= 0.6 is 0 Å². The third-order valence-corrected chi connectivity index (χ3v) is 14.3. The van der Waals surface area contributed by atoms with Crippen LogP contribution in [0.25, 0.3) is 0 Å². The molecule has 0 aromatic heterocycles. The molecule has 0 rings (SSSR count). The largest absolute Gasteiger partial charge is 0.462 e. The van der Waals surface area contributed by atoms with Gasteiger partial charge in [-0.15, -0.1) is 0 Å². The number of ether oxygens (including phenoxy) is 3. The van der Waals surface area contributed by atoms with E-state index in [-0.39, 0.29) is 31.1 Å². The molecular weight excluding hydrogens is 901 g/mol. The van der Waals surface area contributed by atoms with E-state index < -0.39 is 6.10 Å². The summed E-state index contributed by atoms with van der Waals surface area (Å²) in [6.07, 6.45) is 77.0. The SMILES string of the molecule is CCCCCC/C=C\CCCCCCCC(=O)OCC(COC(=O)CCCCCCCCCCCCCCCCCCC/C=C\C/C=C\CCCCCCC)OC(=O)CCCCCCC/C=C\CCCCCC. The summed E-state index contributed by atoms with van der Waals surface area (Å²) in [5, 5.41) is 0. The lowest BCUT2D eigenvalue weighted by Crippen LogP contribution is -2.30. The second-order valence-corrected chi connectivity index (χ2v) is 21.7. The maximum atomic E-state index is 12.8. The quantitative estimate of drug-likeness (QED) is 0.0261. The number of hydrogen-bond acceptors (Lipinski definition) is 6. The van der Waals surface area contributed by atoms with Gasteiger partial charge in [0.1, 0.15) is 13.2 Å². The molecule has 0 amide bonds. The van der Waals surface area contributed by atoms with Crippen molar-refractivity contribution in [2.45, 2.75) is 348 Å². The van der Waals surface area contributed by atoms with E-state index in [1.165, 1.54) is 218 Å². The van der Waals surface area contributed by atoms with Crippen LogP contribution < -0.4 is 0 Å². The highest BCUT2D eigenvalue weighted by molar-refractivity contribution is 5.71. The van der Waals surface area contributed by atoms with Gasteiger partial charge < -0.3 is 14.2 Å². The lowest BCUT2D eigenvalue weighted by atomic mass is 10.0. The van der Waals surface area contributed by atoms with Gasteiger partial charge >= 0.3 is 17.9 Å². The van der Waals surface area contributed by atoms with E-state index >= 15 is 0 Å². The number of carbonyl (C=O) groups is 3. The van der Waals surface area contributed by atoms with Crippen molar-refractivity contribution in [3.8, 4) is 0 Å². The van der Waals surface area contributed by atoms with Crippen molar-refractivity contribution < 1.29 is 28.6 Å². The van der Waals surface area contributed by atoms with E-state index in [4.69, 9.17) is 14.2 Å². The summed E-state index contributed by atoms with van der Waals surface area (Å²) in [7, 11) is 0. The molecule has 0 aliphatic rings. The number of allylic oxidation sites excluding steroid dienone is 8. The summed E-state index contributed by atoms with van der Waals surface area (Å²) in [6.45, 7) is 6.62. The topological polar surface area (TPSA) is 78.9 Å². The Balaban J connectivity index is 4.15. The molecule has 0 bridgehead atoms. The second-order valence-electron chi connectivity index (χ2n) is 21.7. The van der Waals surface area contributed by atoms with E-state index in [9.17, 15) is 14.4 Å². The fourth-order valence-electron chi connectivity index (χ4n) is 9.41. The van der Waals surface area contributed by atoms with Gasteiger partial charge in [0.05, 0.1) is 0 Å². The first-order valence-electron chi connectivity index (χ1n) is 32.1. The molecule has 6 heteroatoms. The molecule has 0 N–H and O–H groups in total. The second kappa shape index (κ2) is 61.9. The minimum Gasteiger partial charge on any atom is -0.462 e. The predicted octanol–water partition coefficient (Wildman–Crippen LogP) is 21.8. The molecular formula is C67H122O6. The number of esters is 3. The lowest BCUT2D eigenvalue weighted by Gasteiger charge is -2.18. The van der Waals surface area contributed by atoms with Crippen molar-refractivity contribution in [1.82, 2.24) is 0 Å². The number of carbonyl (C=O) groups excluding carboxylic acids is 3. The highest BCUT2D eigenvalue weighted by Gasteiger charge is 2.19. The standard InChI is InChI=1S/C67H122O6/c1-4-7-10-13-16-19-22-25-26-27-28-29-30-31-32-33-34-35-36-37-38-39-40-43-45-48-51-54-57-60-66(69)72-63-64(73-67(70)61-58-55-52-49-46-42-24-21-18-15-12-9-6-3)62-71-65(68)59-56-53-50-47-44-41-23-20-17-14-11-8-5-2/h20-25,27-28,64H,4-19,26,29-63H2,1-3H3/b23-20-,24-21-,25-22-,28-27-. The van der Waals surface area contributed by atoms with Crippen LogP contribution in [-0.4, -0.2) is 37.2 Å². The van der Waals surface area contributed by atoms with Crippen LogP contribution in [0.2, 0.25) is 0 Å². The van der Waals surface area contributed by atoms with Gasteiger partial charge in [0.15, 0.2) is 6.10 Å². The van der Waals surface area contributed by atoms with Gasteiger partial charge in [0.25, 0.3) is 0 Å². The Morgan fingerprint density at radius 3 is 0.781 bits per heavy atom. The first-order valence-corrected chi connectivity index (χ1v) is 32.1. The molecule has 0 heterocycles. The average Bonchev–Trinajstić information content (AvgIpc) is 3.39. The highest BCUT2D eigenvalue weighted by Crippen LogP contribution is 2.17. The van der Waals surface area contributed by atoms with Gasteiger partial charge in [0, 0.05) is 19.3 Å². The fraction of sp³-hybridized carbons (Fsp3) is 0.836. The molecule has 1 atom stereocenters. The predicted molar refractivity (Wildman–Crippen MR) is 316 cm³/mol. The van der Waals surface area contributed by atoms with Crippen LogP contribution in [0.4, 0.5) is 0 Å². The Morgan fingerprint density at radius 1 is 0.274 bits per heavy atom. The molecule has 0 aliphatic heterocycles. The number of rotatable bonds is 59. The molecule has 0 aliphatic carbocycles. The van der Waals surface area contributed by atoms with Crippen molar-refractivity contribution >= 4 is 17.9 Å². The van der Waals surface area contributed by atoms with Crippen molar-refractivity contribution in [3.05, 3.63) is 48.6 Å². The van der Waals surface area contributed by atoms with Crippen molar-refractivity contribution in [2.24, 2.45) is 0 Å². The molecule has 0 saturated carbocycles. The Kier molecular flexibility index (Phi) is 59.7. The van der Waals surface area contributed by atoms with Crippen LogP contribution in [0.1, 0.15) is 342 Å². The van der Waals surface area contributed by atoms with Crippen LogP contribution in [0.5, 0.6) is 0 Å². The van der Waals surface area contributed by atoms with E-state index in [0.717, 1.165) is 83.5 Å². The lowest BCUT2D eigenvalue weighted by molar-refractivity contribution is -0.167. The van der Waals surface area contributed by atoms with Gasteiger partial charge in [-0.05, 0) is 103 Å². The zero-order chi connectivity index (χ0) is 52.9. The van der Waals surface area contributed by atoms with Gasteiger partial charge in [-0.1, -0.05) is 268 Å². The normalized spacial score (nSPS) is 12.3. The molecule has 6 nitrogen and oxygen atoms in total. The summed E-state index contributed by atoms with van der Waals surface area (Å²) in [5.41, 5.74) is 0. The molecule has 426 valence electrons. The number of unbranched alkanes of at least 4 members (excludes halogenated alkanes) is 40. The molecule has 0 fully saturated rings. The van der Waals surface area contributed by atoms with E-state index in [0.29, 0.717) is 19.3 Å². The maximum Gasteiger partial charge on any atom is 0.306 e. The van der Waals surface area contributed by atoms with Gasteiger partial charge in [-0.25, -0.2) is 0 Å². The van der Waals surface area contributed by atoms with E-state index in [2.05, 4.69) is 69.4 Å². The summed E-state index contributed by atoms with van der Waals surface area (Å²) < 4.78 is 16.9. The van der Waals surface area contributed by atoms with Crippen LogP contribution in [0.15, 0.2) is 48.6 Å². The molecule has 0 aromatic carbocycles. The van der Waals surface area contributed by atoms with Gasteiger partial charge in [-0.2, -0.15) is 0 Å². The van der Waals surface area contributed by atoms with E-state index in [1.54, 1.807) is 0 Å². The average molecular weight is 1020 g/mol. The Hall–Kier alpha value is -2.63. The summed E-state index contributed by atoms with van der Waals surface area (Å²) in [5.74, 6) is -0.877. The Bertz CT molecular complexity index is 1270. The molecule has 1 unspecified atom stereocenters. The molecule has 0 spiro atoms. The summed E-state index contributed by atoms with van der Waals surface area (Å²) in [6, 6.07) is 0. The van der Waals surface area contributed by atoms with Crippen LogP contribution in [0.3, 0.4) is 0 Å². The minimum absolute atomic E-state index is 0.0759. The highest BCUT2D eigenvalue weighted by atomic mass is 16.6. The monoisotopic (exact) mass is 1020 g/mol. The van der Waals surface area contributed by atoms with Crippen molar-refractivity contribution in [2.75, 3.05) is 13.2 Å². The molecule has 73 heavy (non-hydrogen) atoms. The zero-order valence-corrected chi connectivity index (χ0v) is 48.9. The smallest absolute Gasteiger partial charge is 0.306 e. The van der Waals surface area contributed by atoms with Gasteiger partial charge in [0.2, 0.25) is 0 Å². The molecule has 0 aromatic rings. The van der Waals surface area contributed by atoms with Crippen molar-refractivity contribution in [1.29, 1.82) is 0 Å². The third-order valence-electron chi connectivity index (χ3n) is 14.3. The first-order chi connectivity index (χ1) is 36.0. The Morgan fingerprint density at radius 2 is 0.493 bits per heavy atom. The zero-order valence-electron chi connectivity index (χ0n) is 48.9. The number of hydrogen-bond donors (Lipinski definition) is 0. The van der Waals surface area contributed by atoms with Crippen LogP contribution in [-0.2, 0) is 28.6 Å². The first kappa shape index (κ1) is 70.4. The maximum absolute atomic E-state index is 12.8. The molecule has 0 radical (unpaired) electrons. The van der Waals surface area contributed by atoms with Crippen LogP contribution in [0, 0.1) is 0 Å². The van der Waals surface area contributed by atoms with Crippen molar-refractivity contribution in [3.63, 3.8) is 0 Å². The van der Waals surface area contributed by atoms with Gasteiger partial charge in [-0.3, -0.25) is 14.4 Å².